The highest BCUT2D eigenvalue weighted by Crippen LogP contribution is 2.32. The molecule has 0 aromatic heterocycles. The van der Waals surface area contributed by atoms with Crippen molar-refractivity contribution in [3.05, 3.63) is 29.6 Å². The Balaban J connectivity index is 1.94. The number of hydrogen-bond donors (Lipinski definition) is 1. The molecule has 0 bridgehead atoms. The highest BCUT2D eigenvalue weighted by atomic mass is 19.1. The van der Waals surface area contributed by atoms with E-state index in [1.54, 1.807) is 6.07 Å². The van der Waals surface area contributed by atoms with Gasteiger partial charge in [0.15, 0.2) is 0 Å². The third-order valence-corrected chi connectivity index (χ3v) is 4.19. The molecule has 1 aliphatic heterocycles. The predicted octanol–water partition coefficient (Wildman–Crippen LogP) is 2.46. The predicted molar refractivity (Wildman–Crippen MR) is 67.9 cm³/mol. The van der Waals surface area contributed by atoms with E-state index in [1.807, 2.05) is 13.0 Å². The Morgan fingerprint density at radius 2 is 2.24 bits per heavy atom. The molecule has 1 aromatic carbocycles. The number of hydrogen-bond acceptors (Lipinski definition) is 2. The number of benzene rings is 1. The molecule has 2 aliphatic rings. The Morgan fingerprint density at radius 3 is 3.12 bits per heavy atom. The number of anilines is 1. The van der Waals surface area contributed by atoms with Crippen LogP contribution in [0.2, 0.25) is 0 Å². The minimum Gasteiger partial charge on any atom is -0.365 e. The van der Waals surface area contributed by atoms with Gasteiger partial charge in [-0.15, -0.1) is 0 Å². The summed E-state index contributed by atoms with van der Waals surface area (Å²) in [5.74, 6) is -0.0874. The summed E-state index contributed by atoms with van der Waals surface area (Å²) in [4.78, 5) is 2.41. The van der Waals surface area contributed by atoms with Gasteiger partial charge in [-0.25, -0.2) is 4.39 Å². The SMILES string of the molecule is Cc1c(F)cccc1N1CCNC2CCCC21. The topological polar surface area (TPSA) is 15.3 Å². The molecule has 0 radical (unpaired) electrons. The molecule has 1 saturated heterocycles. The molecular weight excluding hydrogens is 215 g/mol. The monoisotopic (exact) mass is 234 g/mol. The van der Waals surface area contributed by atoms with Crippen LogP contribution in [-0.4, -0.2) is 25.2 Å². The number of nitrogens with one attached hydrogen (secondary N) is 1. The van der Waals surface area contributed by atoms with E-state index in [9.17, 15) is 4.39 Å². The lowest BCUT2D eigenvalue weighted by molar-refractivity contribution is 0.403. The summed E-state index contributed by atoms with van der Waals surface area (Å²) in [6.07, 6.45) is 3.77. The zero-order valence-electron chi connectivity index (χ0n) is 10.2. The third-order valence-electron chi connectivity index (χ3n) is 4.19. The van der Waals surface area contributed by atoms with Crippen molar-refractivity contribution < 1.29 is 4.39 Å². The van der Waals surface area contributed by atoms with Gasteiger partial charge in [-0.05, 0) is 38.3 Å². The number of nitrogens with zero attached hydrogens (tertiary/aromatic N) is 1. The first kappa shape index (κ1) is 11.0. The molecule has 17 heavy (non-hydrogen) atoms. The highest BCUT2D eigenvalue weighted by Gasteiger charge is 2.35. The van der Waals surface area contributed by atoms with Crippen LogP contribution in [-0.2, 0) is 0 Å². The summed E-state index contributed by atoms with van der Waals surface area (Å²) < 4.78 is 13.6. The van der Waals surface area contributed by atoms with Crippen LogP contribution in [0.15, 0.2) is 18.2 Å². The lowest BCUT2D eigenvalue weighted by atomic mass is 10.0. The van der Waals surface area contributed by atoms with Gasteiger partial charge >= 0.3 is 0 Å². The zero-order valence-corrected chi connectivity index (χ0v) is 10.2. The molecule has 92 valence electrons. The molecule has 2 atom stereocenters. The van der Waals surface area contributed by atoms with Gasteiger partial charge in [0.1, 0.15) is 5.82 Å². The molecule has 1 N–H and O–H groups in total. The fourth-order valence-electron chi connectivity index (χ4n) is 3.29. The van der Waals surface area contributed by atoms with Crippen LogP contribution in [0.3, 0.4) is 0 Å². The molecular formula is C14H19FN2. The second kappa shape index (κ2) is 4.30. The summed E-state index contributed by atoms with van der Waals surface area (Å²) in [5.41, 5.74) is 1.88. The first-order valence-electron chi connectivity index (χ1n) is 6.52. The molecule has 1 aliphatic carbocycles. The van der Waals surface area contributed by atoms with Crippen molar-refractivity contribution in [2.45, 2.75) is 38.3 Å². The van der Waals surface area contributed by atoms with Gasteiger partial charge in [0.25, 0.3) is 0 Å². The summed E-state index contributed by atoms with van der Waals surface area (Å²) in [7, 11) is 0. The molecule has 1 aromatic rings. The standard InChI is InChI=1S/C14H19FN2/c1-10-11(15)4-2-6-13(10)17-9-8-16-12-5-3-7-14(12)17/h2,4,6,12,14,16H,3,5,7-9H2,1H3. The van der Waals surface area contributed by atoms with Gasteiger partial charge in [0.2, 0.25) is 0 Å². The Hall–Kier alpha value is -1.09. The second-order valence-corrected chi connectivity index (χ2v) is 5.14. The Morgan fingerprint density at radius 1 is 1.35 bits per heavy atom. The maximum absolute atomic E-state index is 13.6. The lowest BCUT2D eigenvalue weighted by Crippen LogP contribution is -2.55. The second-order valence-electron chi connectivity index (χ2n) is 5.14. The summed E-state index contributed by atoms with van der Waals surface area (Å²) >= 11 is 0. The number of rotatable bonds is 1. The normalized spacial score (nSPS) is 28.2. The van der Waals surface area contributed by atoms with E-state index in [2.05, 4.69) is 16.3 Å². The van der Waals surface area contributed by atoms with Gasteiger partial charge in [0, 0.05) is 36.4 Å². The molecule has 2 nitrogen and oxygen atoms in total. The fourth-order valence-corrected chi connectivity index (χ4v) is 3.29. The first-order valence-corrected chi connectivity index (χ1v) is 6.52. The van der Waals surface area contributed by atoms with Crippen LogP contribution >= 0.6 is 0 Å². The minimum absolute atomic E-state index is 0.0874. The van der Waals surface area contributed by atoms with Crippen molar-refractivity contribution in [3.8, 4) is 0 Å². The van der Waals surface area contributed by atoms with Gasteiger partial charge in [-0.1, -0.05) is 6.07 Å². The van der Waals surface area contributed by atoms with Crippen molar-refractivity contribution in [2.24, 2.45) is 0 Å². The average molecular weight is 234 g/mol. The summed E-state index contributed by atoms with van der Waals surface area (Å²) in [5, 5.41) is 3.58. The van der Waals surface area contributed by atoms with E-state index >= 15 is 0 Å². The molecule has 1 saturated carbocycles. The van der Waals surface area contributed by atoms with Gasteiger partial charge in [0.05, 0.1) is 0 Å². The maximum Gasteiger partial charge on any atom is 0.128 e. The molecule has 3 rings (SSSR count). The van der Waals surface area contributed by atoms with Crippen molar-refractivity contribution in [1.29, 1.82) is 0 Å². The van der Waals surface area contributed by atoms with Gasteiger partial charge in [-0.3, -0.25) is 0 Å². The Bertz CT molecular complexity index is 419. The van der Waals surface area contributed by atoms with E-state index in [-0.39, 0.29) is 5.82 Å². The van der Waals surface area contributed by atoms with Crippen LogP contribution in [0.4, 0.5) is 10.1 Å². The van der Waals surface area contributed by atoms with Crippen molar-refractivity contribution in [3.63, 3.8) is 0 Å². The lowest BCUT2D eigenvalue weighted by Gasteiger charge is -2.40. The molecule has 2 fully saturated rings. The molecule has 3 heteroatoms. The molecule has 1 heterocycles. The summed E-state index contributed by atoms with van der Waals surface area (Å²) in [6, 6.07) is 6.59. The van der Waals surface area contributed by atoms with Gasteiger partial charge in [-0.2, -0.15) is 0 Å². The van der Waals surface area contributed by atoms with Crippen molar-refractivity contribution >= 4 is 5.69 Å². The first-order chi connectivity index (χ1) is 8.27. The van der Waals surface area contributed by atoms with Crippen LogP contribution < -0.4 is 10.2 Å². The number of piperazine rings is 1. The van der Waals surface area contributed by atoms with Crippen molar-refractivity contribution in [2.75, 3.05) is 18.0 Å². The number of halogens is 1. The van der Waals surface area contributed by atoms with Crippen LogP contribution in [0, 0.1) is 12.7 Å². The summed E-state index contributed by atoms with van der Waals surface area (Å²) in [6.45, 7) is 3.89. The fraction of sp³-hybridized carbons (Fsp3) is 0.571. The Labute approximate surface area is 102 Å². The molecule has 0 amide bonds. The Kier molecular flexibility index (Phi) is 2.79. The van der Waals surface area contributed by atoms with Crippen LogP contribution in [0.5, 0.6) is 0 Å². The van der Waals surface area contributed by atoms with Crippen molar-refractivity contribution in [1.82, 2.24) is 5.32 Å². The maximum atomic E-state index is 13.6. The quantitative estimate of drug-likeness (QED) is 0.803. The van der Waals surface area contributed by atoms with Gasteiger partial charge < -0.3 is 10.2 Å². The minimum atomic E-state index is -0.0874. The van der Waals surface area contributed by atoms with E-state index in [1.165, 1.54) is 19.3 Å². The molecule has 2 unspecified atom stereocenters. The number of fused-ring (bicyclic) bond motifs is 1. The average Bonchev–Trinajstić information content (AvgIpc) is 2.81. The largest absolute Gasteiger partial charge is 0.365 e. The third kappa shape index (κ3) is 1.82. The van der Waals surface area contributed by atoms with E-state index in [0.29, 0.717) is 12.1 Å². The van der Waals surface area contributed by atoms with Crippen LogP contribution in [0.25, 0.3) is 0 Å². The van der Waals surface area contributed by atoms with Crippen LogP contribution in [0.1, 0.15) is 24.8 Å². The molecule has 0 spiro atoms. The van der Waals surface area contributed by atoms with E-state index in [4.69, 9.17) is 0 Å². The smallest absolute Gasteiger partial charge is 0.128 e. The van der Waals surface area contributed by atoms with E-state index in [0.717, 1.165) is 24.3 Å². The van der Waals surface area contributed by atoms with E-state index < -0.39 is 0 Å². The highest BCUT2D eigenvalue weighted by molar-refractivity contribution is 5.55. The zero-order chi connectivity index (χ0) is 11.8.